The molecule has 0 spiro atoms. The van der Waals surface area contributed by atoms with Crippen molar-refractivity contribution in [2.75, 3.05) is 5.73 Å². The molecule has 150 valence electrons. The van der Waals surface area contributed by atoms with Gasteiger partial charge < -0.3 is 15.6 Å². The fourth-order valence-corrected chi connectivity index (χ4v) is 3.42. The van der Waals surface area contributed by atoms with Gasteiger partial charge in [0.15, 0.2) is 11.6 Å². The minimum atomic E-state index is -1.03. The molecule has 6 heteroatoms. The lowest BCUT2D eigenvalue weighted by atomic mass is 10.1. The number of nitrogens with two attached hydrogens (primary N) is 1. The molecule has 0 amide bonds. The van der Waals surface area contributed by atoms with Crippen LogP contribution in [-0.4, -0.2) is 20.7 Å². The van der Waals surface area contributed by atoms with Crippen molar-refractivity contribution in [3.8, 4) is 28.0 Å². The zero-order valence-corrected chi connectivity index (χ0v) is 17.9. The monoisotopic (exact) mass is 407 g/mol. The quantitative estimate of drug-likeness (QED) is 0.604. The van der Waals surface area contributed by atoms with E-state index in [1.54, 1.807) is 31.4 Å². The maximum absolute atomic E-state index is 9.76. The predicted octanol–water partition coefficient (Wildman–Crippen LogP) is 4.61. The zero-order chi connectivity index (χ0) is 21.0. The van der Waals surface area contributed by atoms with E-state index < -0.39 is 5.60 Å². The minimum absolute atomic E-state index is 0.341. The highest BCUT2D eigenvalue weighted by Crippen LogP contribution is 2.33. The van der Waals surface area contributed by atoms with Gasteiger partial charge in [-0.05, 0) is 37.6 Å². The van der Waals surface area contributed by atoms with Gasteiger partial charge in [-0.15, -0.1) is 11.3 Å². The first-order valence-corrected chi connectivity index (χ1v) is 10.2. The molecule has 2 heterocycles. The van der Waals surface area contributed by atoms with Crippen LogP contribution in [0.2, 0.25) is 0 Å². The summed E-state index contributed by atoms with van der Waals surface area (Å²) in [6, 6.07) is 9.60. The molecule has 0 saturated carbocycles. The molecule has 0 bridgehead atoms. The molecular formula is C23H25N3O2S. The second-order valence-electron chi connectivity index (χ2n) is 7.62. The maximum Gasteiger partial charge on any atom is 0.166 e. The minimum Gasteiger partial charge on any atom is -0.485 e. The molecule has 0 aliphatic rings. The van der Waals surface area contributed by atoms with Crippen molar-refractivity contribution < 1.29 is 9.84 Å². The second-order valence-corrected chi connectivity index (χ2v) is 8.69. The molecule has 3 N–H and O–H groups in total. The third-order valence-electron chi connectivity index (χ3n) is 4.02. The number of benzene rings is 1. The van der Waals surface area contributed by atoms with Crippen LogP contribution in [-0.2, 0) is 6.61 Å². The SMILES string of the molecule is CC(C)c1ncc(-c2cnc(N)c(OCc3cccc(C#CC(C)(C)O)c3)c2)s1. The van der Waals surface area contributed by atoms with E-state index in [1.165, 1.54) is 0 Å². The number of thiazole rings is 1. The highest BCUT2D eigenvalue weighted by atomic mass is 32.1. The number of pyridine rings is 1. The molecule has 2 aromatic heterocycles. The number of rotatable bonds is 5. The lowest BCUT2D eigenvalue weighted by Gasteiger charge is -2.10. The van der Waals surface area contributed by atoms with Gasteiger partial charge in [-0.25, -0.2) is 9.97 Å². The molecule has 0 aliphatic heterocycles. The van der Waals surface area contributed by atoms with Crippen LogP contribution in [0.4, 0.5) is 5.82 Å². The van der Waals surface area contributed by atoms with Crippen LogP contribution in [0.3, 0.4) is 0 Å². The van der Waals surface area contributed by atoms with Crippen molar-refractivity contribution in [3.05, 3.63) is 58.9 Å². The highest BCUT2D eigenvalue weighted by molar-refractivity contribution is 7.15. The molecule has 0 unspecified atom stereocenters. The van der Waals surface area contributed by atoms with Crippen molar-refractivity contribution in [2.24, 2.45) is 0 Å². The average Bonchev–Trinajstić information content (AvgIpc) is 3.16. The van der Waals surface area contributed by atoms with Crippen LogP contribution in [0.5, 0.6) is 5.75 Å². The Bertz CT molecular complexity index is 1060. The molecule has 1 aromatic carbocycles. The first-order valence-electron chi connectivity index (χ1n) is 9.40. The maximum atomic E-state index is 9.76. The smallest absolute Gasteiger partial charge is 0.166 e. The Hall–Kier alpha value is -2.88. The molecule has 0 atom stereocenters. The van der Waals surface area contributed by atoms with E-state index in [1.807, 2.05) is 36.5 Å². The Morgan fingerprint density at radius 3 is 2.69 bits per heavy atom. The average molecular weight is 408 g/mol. The summed E-state index contributed by atoms with van der Waals surface area (Å²) in [7, 11) is 0. The van der Waals surface area contributed by atoms with Gasteiger partial charge in [0.2, 0.25) is 0 Å². The van der Waals surface area contributed by atoms with E-state index in [9.17, 15) is 5.11 Å². The summed E-state index contributed by atoms with van der Waals surface area (Å²) in [5.74, 6) is 7.06. The van der Waals surface area contributed by atoms with E-state index in [2.05, 4.69) is 35.7 Å². The predicted molar refractivity (Wildman–Crippen MR) is 118 cm³/mol. The summed E-state index contributed by atoms with van der Waals surface area (Å²) in [6.45, 7) is 7.90. The molecule has 5 nitrogen and oxygen atoms in total. The zero-order valence-electron chi connectivity index (χ0n) is 17.1. The lowest BCUT2D eigenvalue weighted by molar-refractivity contribution is 0.143. The second kappa shape index (κ2) is 8.64. The molecule has 0 saturated heterocycles. The normalized spacial score (nSPS) is 11.2. The summed E-state index contributed by atoms with van der Waals surface area (Å²) < 4.78 is 5.94. The van der Waals surface area contributed by atoms with Gasteiger partial charge in [0.25, 0.3) is 0 Å². The largest absolute Gasteiger partial charge is 0.485 e. The van der Waals surface area contributed by atoms with E-state index in [0.29, 0.717) is 24.1 Å². The highest BCUT2D eigenvalue weighted by Gasteiger charge is 2.11. The van der Waals surface area contributed by atoms with Gasteiger partial charge in [-0.2, -0.15) is 0 Å². The number of aromatic nitrogens is 2. The van der Waals surface area contributed by atoms with Gasteiger partial charge in [0, 0.05) is 29.4 Å². The van der Waals surface area contributed by atoms with Crippen molar-refractivity contribution in [3.63, 3.8) is 0 Å². The van der Waals surface area contributed by atoms with Crippen LogP contribution in [0.15, 0.2) is 42.7 Å². The topological polar surface area (TPSA) is 81.3 Å². The number of anilines is 1. The van der Waals surface area contributed by atoms with Gasteiger partial charge in [0.05, 0.1) is 9.88 Å². The van der Waals surface area contributed by atoms with Crippen molar-refractivity contribution in [2.45, 2.75) is 45.8 Å². The van der Waals surface area contributed by atoms with Crippen molar-refractivity contribution in [1.82, 2.24) is 9.97 Å². The van der Waals surface area contributed by atoms with E-state index in [4.69, 9.17) is 10.5 Å². The van der Waals surface area contributed by atoms with Gasteiger partial charge in [-0.1, -0.05) is 37.8 Å². The fourth-order valence-electron chi connectivity index (χ4n) is 2.52. The van der Waals surface area contributed by atoms with Crippen molar-refractivity contribution >= 4 is 17.2 Å². The molecule has 3 aromatic rings. The number of ether oxygens (including phenoxy) is 1. The third kappa shape index (κ3) is 5.80. The summed E-state index contributed by atoms with van der Waals surface area (Å²) in [5.41, 5.74) is 7.69. The molecule has 29 heavy (non-hydrogen) atoms. The van der Waals surface area contributed by atoms with Crippen LogP contribution in [0, 0.1) is 11.8 Å². The van der Waals surface area contributed by atoms with Gasteiger partial charge in [-0.3, -0.25) is 0 Å². The number of nitrogens with zero attached hydrogens (tertiary/aromatic N) is 2. The third-order valence-corrected chi connectivity index (χ3v) is 5.36. The first kappa shape index (κ1) is 20.8. The number of aliphatic hydroxyl groups is 1. The van der Waals surface area contributed by atoms with Crippen molar-refractivity contribution in [1.29, 1.82) is 0 Å². The molecule has 0 fully saturated rings. The first-order chi connectivity index (χ1) is 13.7. The summed E-state index contributed by atoms with van der Waals surface area (Å²) in [4.78, 5) is 9.78. The Morgan fingerprint density at radius 1 is 1.21 bits per heavy atom. The summed E-state index contributed by atoms with van der Waals surface area (Å²) in [6.07, 6.45) is 3.61. The van der Waals surface area contributed by atoms with E-state index in [0.717, 1.165) is 26.6 Å². The number of hydrogen-bond donors (Lipinski definition) is 2. The Morgan fingerprint density at radius 2 is 2.00 bits per heavy atom. The summed E-state index contributed by atoms with van der Waals surface area (Å²) >= 11 is 1.65. The van der Waals surface area contributed by atoms with Crippen LogP contribution in [0.25, 0.3) is 10.4 Å². The van der Waals surface area contributed by atoms with E-state index >= 15 is 0 Å². The van der Waals surface area contributed by atoms with Crippen LogP contribution in [0.1, 0.15) is 49.7 Å². The van der Waals surface area contributed by atoms with Gasteiger partial charge in [0.1, 0.15) is 12.2 Å². The lowest BCUT2D eigenvalue weighted by Crippen LogP contribution is -2.14. The number of hydrogen-bond acceptors (Lipinski definition) is 6. The van der Waals surface area contributed by atoms with Crippen LogP contribution < -0.4 is 10.5 Å². The molecule has 0 aliphatic carbocycles. The van der Waals surface area contributed by atoms with Gasteiger partial charge >= 0.3 is 0 Å². The Kier molecular flexibility index (Phi) is 6.21. The molecule has 3 rings (SSSR count). The molecule has 0 radical (unpaired) electrons. The fraction of sp³-hybridized carbons (Fsp3) is 0.304. The van der Waals surface area contributed by atoms with E-state index in [-0.39, 0.29) is 0 Å². The van der Waals surface area contributed by atoms with Crippen LogP contribution >= 0.6 is 11.3 Å². The molecular weight excluding hydrogens is 382 g/mol. The Labute approximate surface area is 175 Å². The summed E-state index contributed by atoms with van der Waals surface area (Å²) in [5, 5.41) is 10.8. The number of nitrogen functional groups attached to an aromatic ring is 1. The standard InChI is InChI=1S/C23H25N3O2S/c1-15(2)22-26-13-20(29-22)18-11-19(21(24)25-12-18)28-14-17-7-5-6-16(10-17)8-9-23(3,4)27/h5-7,10-13,15,27H,14H2,1-4H3,(H2,24,25). The Balaban J connectivity index is 1.76.